The molecule has 26 heavy (non-hydrogen) atoms. The minimum atomic E-state index is -0.465. The molecule has 0 bridgehead atoms. The number of fused-ring (bicyclic) bond motifs is 1. The van der Waals surface area contributed by atoms with Gasteiger partial charge in [-0.05, 0) is 54.8 Å². The Labute approximate surface area is 155 Å². The second-order valence-electron chi connectivity index (χ2n) is 6.70. The molecule has 3 aromatic rings. The maximum atomic E-state index is 12.7. The van der Waals surface area contributed by atoms with Gasteiger partial charge in [0.25, 0.3) is 5.91 Å². The Bertz CT molecular complexity index is 938. The van der Waals surface area contributed by atoms with Crippen LogP contribution in [0.5, 0.6) is 0 Å². The fraction of sp³-hybridized carbons (Fsp3) is 0.368. The second-order valence-corrected chi connectivity index (χ2v) is 7.61. The van der Waals surface area contributed by atoms with Gasteiger partial charge in [-0.2, -0.15) is 0 Å². The zero-order valence-corrected chi connectivity index (χ0v) is 15.3. The number of pyridine rings is 1. The van der Waals surface area contributed by atoms with Crippen molar-refractivity contribution >= 4 is 27.5 Å². The first-order chi connectivity index (χ1) is 12.6. The lowest BCUT2D eigenvalue weighted by Crippen LogP contribution is -2.40. The molecule has 2 N–H and O–H groups in total. The molecule has 4 rings (SSSR count). The largest absolute Gasteiger partial charge is 0.391 e. The Morgan fingerprint density at radius 3 is 2.88 bits per heavy atom. The van der Waals surface area contributed by atoms with E-state index >= 15 is 0 Å². The lowest BCUT2D eigenvalue weighted by Gasteiger charge is -2.16. The van der Waals surface area contributed by atoms with Gasteiger partial charge < -0.3 is 10.4 Å². The monoisotopic (exact) mass is 368 g/mol. The molecule has 3 heterocycles. The van der Waals surface area contributed by atoms with Gasteiger partial charge in [0.15, 0.2) is 0 Å². The minimum Gasteiger partial charge on any atom is -0.391 e. The zero-order valence-electron chi connectivity index (χ0n) is 14.5. The first-order valence-corrected chi connectivity index (χ1v) is 9.61. The highest BCUT2D eigenvalue weighted by molar-refractivity contribution is 7.17. The Kier molecular flexibility index (Phi) is 4.65. The van der Waals surface area contributed by atoms with Crippen LogP contribution < -0.4 is 5.32 Å². The summed E-state index contributed by atoms with van der Waals surface area (Å²) in [6.07, 6.45) is 6.29. The van der Waals surface area contributed by atoms with Crippen molar-refractivity contribution in [1.29, 1.82) is 0 Å². The number of amides is 1. The smallest absolute Gasteiger partial charge is 0.270 e. The molecule has 0 radical (unpaired) electrons. The average molecular weight is 368 g/mol. The van der Waals surface area contributed by atoms with Crippen molar-refractivity contribution in [1.82, 2.24) is 20.3 Å². The third kappa shape index (κ3) is 3.45. The van der Waals surface area contributed by atoms with Gasteiger partial charge in [-0.1, -0.05) is 0 Å². The van der Waals surface area contributed by atoms with Crippen molar-refractivity contribution in [2.75, 3.05) is 0 Å². The number of aliphatic hydroxyl groups excluding tert-OH is 1. The van der Waals surface area contributed by atoms with E-state index in [4.69, 9.17) is 0 Å². The van der Waals surface area contributed by atoms with E-state index < -0.39 is 6.10 Å². The van der Waals surface area contributed by atoms with Crippen molar-refractivity contribution in [3.63, 3.8) is 0 Å². The Balaban J connectivity index is 1.63. The van der Waals surface area contributed by atoms with Gasteiger partial charge in [-0.25, -0.2) is 15.0 Å². The molecule has 3 aromatic heterocycles. The minimum absolute atomic E-state index is 0.184. The van der Waals surface area contributed by atoms with Gasteiger partial charge in [0.2, 0.25) is 0 Å². The van der Waals surface area contributed by atoms with Gasteiger partial charge >= 0.3 is 0 Å². The fourth-order valence-electron chi connectivity index (χ4n) is 3.35. The highest BCUT2D eigenvalue weighted by Gasteiger charge is 2.27. The highest BCUT2D eigenvalue weighted by atomic mass is 32.1. The van der Waals surface area contributed by atoms with E-state index in [-0.39, 0.29) is 11.9 Å². The Morgan fingerprint density at radius 2 is 2.15 bits per heavy atom. The average Bonchev–Trinajstić information content (AvgIpc) is 3.26. The number of aliphatic hydroxyl groups is 1. The van der Waals surface area contributed by atoms with Crippen LogP contribution in [0.3, 0.4) is 0 Å². The summed E-state index contributed by atoms with van der Waals surface area (Å²) in [7, 11) is 0. The van der Waals surface area contributed by atoms with Crippen molar-refractivity contribution in [3.8, 4) is 0 Å². The van der Waals surface area contributed by atoms with Crippen LogP contribution in [-0.2, 0) is 6.42 Å². The molecule has 6 nitrogen and oxygen atoms in total. The quantitative estimate of drug-likeness (QED) is 0.739. The van der Waals surface area contributed by atoms with E-state index in [2.05, 4.69) is 20.3 Å². The summed E-state index contributed by atoms with van der Waals surface area (Å²) in [4.78, 5) is 25.7. The molecule has 0 aliphatic heterocycles. The van der Waals surface area contributed by atoms with Gasteiger partial charge in [-0.15, -0.1) is 11.3 Å². The Hall–Kier alpha value is -2.38. The van der Waals surface area contributed by atoms with E-state index in [1.807, 2.05) is 36.8 Å². The number of hydrogen-bond acceptors (Lipinski definition) is 6. The van der Waals surface area contributed by atoms with Crippen molar-refractivity contribution in [2.45, 2.75) is 44.8 Å². The number of thiophene rings is 1. The summed E-state index contributed by atoms with van der Waals surface area (Å²) >= 11 is 1.62. The molecule has 0 spiro atoms. The molecule has 0 unspecified atom stereocenters. The Morgan fingerprint density at radius 1 is 1.35 bits per heavy atom. The van der Waals surface area contributed by atoms with E-state index in [1.165, 1.54) is 0 Å². The maximum absolute atomic E-state index is 12.7. The number of rotatable bonds is 4. The van der Waals surface area contributed by atoms with Gasteiger partial charge in [0, 0.05) is 18.8 Å². The summed E-state index contributed by atoms with van der Waals surface area (Å²) in [6.45, 7) is 1.85. The topological polar surface area (TPSA) is 88.0 Å². The number of aromatic nitrogens is 3. The molecule has 1 amide bonds. The molecule has 1 aliphatic rings. The maximum Gasteiger partial charge on any atom is 0.270 e. The zero-order chi connectivity index (χ0) is 18.1. The third-order valence-electron chi connectivity index (χ3n) is 4.75. The highest BCUT2D eigenvalue weighted by Crippen LogP contribution is 2.26. The summed E-state index contributed by atoms with van der Waals surface area (Å²) in [6, 6.07) is 3.59. The van der Waals surface area contributed by atoms with Crippen LogP contribution in [0.4, 0.5) is 0 Å². The van der Waals surface area contributed by atoms with Crippen LogP contribution in [-0.4, -0.2) is 38.1 Å². The van der Waals surface area contributed by atoms with Crippen LogP contribution in [0.1, 0.15) is 46.7 Å². The normalized spacial score (nSPS) is 19.8. The molecular formula is C19H20N4O2S. The molecule has 1 saturated carbocycles. The van der Waals surface area contributed by atoms with Gasteiger partial charge in [-0.3, -0.25) is 4.79 Å². The van der Waals surface area contributed by atoms with Crippen molar-refractivity contribution in [3.05, 3.63) is 52.6 Å². The van der Waals surface area contributed by atoms with Gasteiger partial charge in [0.1, 0.15) is 11.5 Å². The first kappa shape index (κ1) is 17.1. The van der Waals surface area contributed by atoms with Gasteiger partial charge in [0.05, 0.1) is 22.4 Å². The SMILES string of the molecule is Cc1ncc(Cc2cc(C(=O)N[C@@H]3CCC[C@H]3O)nc3ccsc23)cn1. The van der Waals surface area contributed by atoms with Crippen LogP contribution in [0.25, 0.3) is 10.2 Å². The fourth-order valence-corrected chi connectivity index (χ4v) is 4.20. The van der Waals surface area contributed by atoms with Crippen LogP contribution >= 0.6 is 11.3 Å². The molecular weight excluding hydrogens is 348 g/mol. The van der Waals surface area contributed by atoms with E-state index in [0.717, 1.165) is 46.4 Å². The number of nitrogens with zero attached hydrogens (tertiary/aromatic N) is 3. The lowest BCUT2D eigenvalue weighted by molar-refractivity contribution is 0.0868. The summed E-state index contributed by atoms with van der Waals surface area (Å²) in [5, 5.41) is 14.9. The third-order valence-corrected chi connectivity index (χ3v) is 5.72. The van der Waals surface area contributed by atoms with E-state index in [1.54, 1.807) is 11.3 Å². The second kappa shape index (κ2) is 7.09. The number of carbonyl (C=O) groups excluding carboxylic acids is 1. The standard InChI is InChI=1S/C19H20N4O2S/c1-11-20-9-12(10-21-11)7-13-8-16(22-15-5-6-26-18(13)15)19(25)23-14-3-2-4-17(14)24/h5-6,8-10,14,17,24H,2-4,7H2,1H3,(H,23,25)/t14-,17-/m1/s1. The summed E-state index contributed by atoms with van der Waals surface area (Å²) < 4.78 is 1.07. The predicted octanol–water partition coefficient (Wildman–Crippen LogP) is 2.63. The molecule has 1 aliphatic carbocycles. The van der Waals surface area contributed by atoms with Crippen LogP contribution in [0.15, 0.2) is 29.9 Å². The molecule has 1 fully saturated rings. The summed E-state index contributed by atoms with van der Waals surface area (Å²) in [5.74, 6) is 0.505. The van der Waals surface area contributed by atoms with Crippen LogP contribution in [0, 0.1) is 6.92 Å². The number of hydrogen-bond donors (Lipinski definition) is 2. The van der Waals surface area contributed by atoms with E-state index in [9.17, 15) is 9.90 Å². The molecule has 134 valence electrons. The molecule has 0 aromatic carbocycles. The van der Waals surface area contributed by atoms with Crippen molar-refractivity contribution < 1.29 is 9.90 Å². The first-order valence-electron chi connectivity index (χ1n) is 8.74. The van der Waals surface area contributed by atoms with Crippen molar-refractivity contribution in [2.24, 2.45) is 0 Å². The number of nitrogens with one attached hydrogen (secondary N) is 1. The lowest BCUT2D eigenvalue weighted by atomic mass is 10.1. The van der Waals surface area contributed by atoms with Crippen LogP contribution in [0.2, 0.25) is 0 Å². The number of carbonyl (C=O) groups is 1. The molecule has 2 atom stereocenters. The van der Waals surface area contributed by atoms with E-state index in [0.29, 0.717) is 12.1 Å². The summed E-state index contributed by atoms with van der Waals surface area (Å²) in [5.41, 5.74) is 3.24. The molecule has 7 heteroatoms. The predicted molar refractivity (Wildman–Crippen MR) is 100 cm³/mol. The number of aryl methyl sites for hydroxylation is 1. The molecule has 0 saturated heterocycles.